The van der Waals surface area contributed by atoms with Gasteiger partial charge in [-0.1, -0.05) is 28.4 Å². The minimum absolute atomic E-state index is 0.0223. The molecule has 358 valence electrons. The highest BCUT2D eigenvalue weighted by Crippen LogP contribution is 2.47. The van der Waals surface area contributed by atoms with Crippen molar-refractivity contribution < 1.29 is 71.3 Å². The summed E-state index contributed by atoms with van der Waals surface area (Å²) in [6, 6.07) is 13.6. The Kier molecular flexibility index (Phi) is 18.7. The normalized spacial score (nSPS) is 11.3. The third kappa shape index (κ3) is 15.1. The number of nitrogens with zero attached hydrogens (tertiary/aromatic N) is 9. The summed E-state index contributed by atoms with van der Waals surface area (Å²) in [6.07, 6.45) is 1.05. The molecule has 0 saturated heterocycles. The summed E-state index contributed by atoms with van der Waals surface area (Å²) >= 11 is 14.6. The number of carboxylic acids is 1. The van der Waals surface area contributed by atoms with E-state index in [0.29, 0.717) is 41.8 Å². The average Bonchev–Trinajstić information content (AvgIpc) is 3.30. The Hall–Kier alpha value is -6.30. The maximum Gasteiger partial charge on any atom is 0.313 e. The zero-order chi connectivity index (χ0) is 49.5. The highest BCUT2D eigenvalue weighted by molar-refractivity contribution is 7.99. The second-order valence-electron chi connectivity index (χ2n) is 12.1. The predicted molar refractivity (Wildman–Crippen MR) is 248 cm³/mol. The molecule has 27 nitrogen and oxygen atoms in total. The van der Waals surface area contributed by atoms with Crippen LogP contribution in [0.15, 0.2) is 114 Å². The number of azo groups is 1. The Balaban J connectivity index is 1.36. The number of aliphatic imine (C=N–C) groups is 1. The molecule has 0 aliphatic carbocycles. The lowest BCUT2D eigenvalue weighted by molar-refractivity contribution is -0.432. The third-order valence-electron chi connectivity index (χ3n) is 7.76. The van der Waals surface area contributed by atoms with Gasteiger partial charge in [0.25, 0.3) is 16.0 Å². The zero-order valence-electron chi connectivity index (χ0n) is 33.5. The summed E-state index contributed by atoms with van der Waals surface area (Å²) in [4.78, 5) is 55.3. The van der Waals surface area contributed by atoms with E-state index >= 15 is 0 Å². The van der Waals surface area contributed by atoms with Crippen LogP contribution in [0.5, 0.6) is 5.75 Å². The van der Waals surface area contributed by atoms with Crippen molar-refractivity contribution >= 4 is 156 Å². The Morgan fingerprint density at radius 3 is 2.19 bits per heavy atom. The van der Waals surface area contributed by atoms with Crippen molar-refractivity contribution in [1.29, 1.82) is 0 Å². The van der Waals surface area contributed by atoms with E-state index in [1.54, 1.807) is 0 Å². The molecular formula is C35H24Cl2N12O15S5. The van der Waals surface area contributed by atoms with Gasteiger partial charge in [0.1, 0.15) is 22.5 Å². The number of aromatic hydroxyl groups is 1. The topological polar surface area (TPSA) is 375 Å². The summed E-state index contributed by atoms with van der Waals surface area (Å²) in [5.41, 5.74) is -0.251. The van der Waals surface area contributed by atoms with E-state index in [-0.39, 0.29) is 82.5 Å². The Morgan fingerprint density at radius 2 is 1.49 bits per heavy atom. The molecule has 0 aliphatic rings. The molecule has 0 bridgehead atoms. The van der Waals surface area contributed by atoms with Gasteiger partial charge >= 0.3 is 5.97 Å². The summed E-state index contributed by atoms with van der Waals surface area (Å²) < 4.78 is 49.9. The lowest BCUT2D eigenvalue weighted by Crippen LogP contribution is -2.05. The smallest absolute Gasteiger partial charge is 0.313 e. The second-order valence-corrected chi connectivity index (χ2v) is 17.2. The number of phenols is 1. The molecule has 0 atom stereocenters. The molecule has 0 fully saturated rings. The standard InChI is InChI=1S/C35H24Cl2N12O15S5/c1-2-59-62-66-10-9-38-29(53)16-3-5-18(6-4-16)39-32-42-30(36)43-34(46-32)41-22-14-20(67-63-60-54)11-17-12-24(69(56,57)58)27(28(52)26(17)22)49-48-21-13-19(7-8-23(21)68-64-61-55)40-33-44-31(37)45-35(47-33)65-15-25(50)51/h2-8,10-14,52,54-55H,1,15H2,(H,50,51)(H,56,57,58)(H,40,44,45,47)(H2,39,41,42,43,46). The van der Waals surface area contributed by atoms with Crippen molar-refractivity contribution in [1.82, 2.24) is 29.9 Å². The van der Waals surface area contributed by atoms with Crippen molar-refractivity contribution in [2.24, 2.45) is 15.2 Å². The maximum atomic E-state index is 12.9. The number of carboxylic acid groups (broad SMARTS) is 1. The lowest BCUT2D eigenvalue weighted by Gasteiger charge is -2.15. The summed E-state index contributed by atoms with van der Waals surface area (Å²) in [6.45, 7) is 3.30. The number of aromatic nitrogens is 6. The number of fused-ring (bicyclic) bond motifs is 1. The predicted octanol–water partition coefficient (Wildman–Crippen LogP) is 9.21. The first-order chi connectivity index (χ1) is 33.1. The highest BCUT2D eigenvalue weighted by Gasteiger charge is 2.25. The monoisotopic (exact) mass is 1080 g/mol. The fraction of sp³-hybridized carbons (Fsp3) is 0.0286. The van der Waals surface area contributed by atoms with Crippen molar-refractivity contribution in [3.05, 3.63) is 95.0 Å². The molecule has 0 unspecified atom stereocenters. The van der Waals surface area contributed by atoms with Gasteiger partial charge in [0.2, 0.25) is 28.4 Å². The molecule has 0 radical (unpaired) electrons. The van der Waals surface area contributed by atoms with Crippen molar-refractivity contribution in [2.45, 2.75) is 19.8 Å². The highest BCUT2D eigenvalue weighted by atomic mass is 35.5. The van der Waals surface area contributed by atoms with Crippen LogP contribution < -0.4 is 16.0 Å². The van der Waals surface area contributed by atoms with E-state index in [4.69, 9.17) is 38.8 Å². The first-order valence-electron chi connectivity index (χ1n) is 17.8. The van der Waals surface area contributed by atoms with Crippen LogP contribution >= 0.6 is 71.1 Å². The van der Waals surface area contributed by atoms with Crippen LogP contribution in [0.1, 0.15) is 10.4 Å². The van der Waals surface area contributed by atoms with E-state index < -0.39 is 38.3 Å². The van der Waals surface area contributed by atoms with E-state index in [2.05, 4.69) is 101 Å². The number of benzene rings is 4. The van der Waals surface area contributed by atoms with Crippen LogP contribution in [0.4, 0.5) is 46.3 Å². The molecule has 0 saturated carbocycles. The number of rotatable bonds is 23. The first-order valence-corrected chi connectivity index (χ1v) is 23.3. The van der Waals surface area contributed by atoms with Crippen LogP contribution in [-0.2, 0) is 42.9 Å². The fourth-order valence-corrected chi connectivity index (χ4v) is 7.89. The number of thioether (sulfide) groups is 1. The van der Waals surface area contributed by atoms with Crippen LogP contribution in [-0.4, -0.2) is 87.1 Å². The molecule has 2 heterocycles. The van der Waals surface area contributed by atoms with E-state index in [0.717, 1.165) is 24.1 Å². The second kappa shape index (κ2) is 24.8. The molecule has 4 aromatic carbocycles. The van der Waals surface area contributed by atoms with Gasteiger partial charge in [-0.3, -0.25) is 14.1 Å². The quantitative estimate of drug-likeness (QED) is 0.00341. The van der Waals surface area contributed by atoms with Gasteiger partial charge < -0.3 is 31.1 Å². The fourth-order valence-electron chi connectivity index (χ4n) is 5.21. The number of phenolic OH excluding ortho intramolecular Hbond substituents is 1. The number of amides is 1. The number of halogens is 2. The molecule has 1 amide bonds. The van der Waals surface area contributed by atoms with Gasteiger partial charge in [0, 0.05) is 33.1 Å². The molecule has 0 aliphatic heterocycles. The van der Waals surface area contributed by atoms with Crippen LogP contribution in [0.3, 0.4) is 0 Å². The molecule has 6 rings (SSSR count). The number of nitrogens with one attached hydrogen (secondary N) is 3. The Morgan fingerprint density at radius 1 is 0.826 bits per heavy atom. The molecule has 6 aromatic rings. The number of aliphatic carboxylic acids is 1. The summed E-state index contributed by atoms with van der Waals surface area (Å²) in [5, 5.41) is 63.1. The number of carbonyl (C=O) groups is 2. The van der Waals surface area contributed by atoms with Crippen molar-refractivity contribution in [2.75, 3.05) is 21.7 Å². The van der Waals surface area contributed by atoms with E-state index in [9.17, 15) is 27.7 Å². The maximum absolute atomic E-state index is 12.9. The SMILES string of the molecule is C=COOSC=C=NC(=O)c1ccc(Nc2nc(Cl)nc(Nc3cc(SOOO)cc4cc(S(=O)(=O)O)c(N=Nc5cc(Nc6nc(Cl)nc(SCC(=O)O)n6)ccc5SOOO)c(O)c34)n2)cc1. The van der Waals surface area contributed by atoms with Crippen LogP contribution in [0.25, 0.3) is 10.8 Å². The van der Waals surface area contributed by atoms with Gasteiger partial charge in [-0.05, 0) is 89.3 Å². The van der Waals surface area contributed by atoms with E-state index in [1.807, 2.05) is 0 Å². The average molecular weight is 1080 g/mol. The van der Waals surface area contributed by atoms with E-state index in [1.165, 1.54) is 60.0 Å². The molecule has 2 aromatic heterocycles. The lowest BCUT2D eigenvalue weighted by atomic mass is 10.1. The number of hydrogen-bond donors (Lipinski definition) is 8. The molecule has 69 heavy (non-hydrogen) atoms. The van der Waals surface area contributed by atoms with Gasteiger partial charge in [-0.2, -0.15) is 43.3 Å². The zero-order valence-corrected chi connectivity index (χ0v) is 39.1. The van der Waals surface area contributed by atoms with Crippen LogP contribution in [0.2, 0.25) is 10.6 Å². The largest absolute Gasteiger partial charge is 0.505 e. The Labute approximate surface area is 412 Å². The van der Waals surface area contributed by atoms with Crippen molar-refractivity contribution in [3.63, 3.8) is 0 Å². The summed E-state index contributed by atoms with van der Waals surface area (Å²) in [5.74, 6) is -1.13. The summed E-state index contributed by atoms with van der Waals surface area (Å²) in [7, 11) is -5.21. The first kappa shape index (κ1) is 52.1. The van der Waals surface area contributed by atoms with Gasteiger partial charge in [-0.25, -0.2) is 10.5 Å². The third-order valence-corrected chi connectivity index (χ3v) is 11.4. The van der Waals surface area contributed by atoms with Crippen molar-refractivity contribution in [3.8, 4) is 5.75 Å². The number of carbonyl (C=O) groups excluding carboxylic acids is 1. The van der Waals surface area contributed by atoms with Gasteiger partial charge in [0.15, 0.2) is 10.9 Å². The van der Waals surface area contributed by atoms with Gasteiger partial charge in [-0.15, -0.1) is 23.2 Å². The minimum Gasteiger partial charge on any atom is -0.505 e. The number of hydrogen-bond acceptors (Lipinski definition) is 28. The van der Waals surface area contributed by atoms with Gasteiger partial charge in [0.05, 0.1) is 57.9 Å². The van der Waals surface area contributed by atoms with Crippen LogP contribution in [0, 0.1) is 0 Å². The molecular weight excluding hydrogens is 1060 g/mol. The minimum atomic E-state index is -5.21. The molecule has 8 N–H and O–H groups in total. The molecule has 0 spiro atoms. The molecule has 34 heteroatoms. The number of anilines is 6. The Bertz CT molecular complexity index is 3110.